The van der Waals surface area contributed by atoms with Crippen LogP contribution >= 0.6 is 0 Å². The first-order chi connectivity index (χ1) is 26.2. The van der Waals surface area contributed by atoms with Crippen LogP contribution in [0.25, 0.3) is 21.8 Å². The molecule has 0 radical (unpaired) electrons. The minimum atomic E-state index is -1.17. The van der Waals surface area contributed by atoms with Crippen LogP contribution in [-0.2, 0) is 43.9 Å². The number of aromatic amines is 1. The third-order valence-corrected chi connectivity index (χ3v) is 14.7. The lowest BCUT2D eigenvalue weighted by atomic mass is 9.58. The van der Waals surface area contributed by atoms with E-state index in [1.807, 2.05) is 6.92 Å². The first-order valence-corrected chi connectivity index (χ1v) is 19.9. The minimum absolute atomic E-state index is 0.0123. The molecule has 10 heteroatoms. The van der Waals surface area contributed by atoms with Crippen molar-refractivity contribution in [2.75, 3.05) is 48.1 Å². The fourth-order valence-electron chi connectivity index (χ4n) is 12.5. The molecule has 1 saturated carbocycles. The van der Waals surface area contributed by atoms with Crippen molar-refractivity contribution in [2.45, 2.75) is 82.3 Å². The molecular weight excluding hydrogens is 681 g/mol. The van der Waals surface area contributed by atoms with Gasteiger partial charge in [-0.15, -0.1) is 0 Å². The third-order valence-electron chi connectivity index (χ3n) is 14.7. The van der Waals surface area contributed by atoms with Gasteiger partial charge in [-0.25, -0.2) is 0 Å². The summed E-state index contributed by atoms with van der Waals surface area (Å²) >= 11 is 0. The Morgan fingerprint density at radius 3 is 2.57 bits per heavy atom. The van der Waals surface area contributed by atoms with E-state index in [9.17, 15) is 14.7 Å². The molecular formula is C44H54N4O6. The number of benzene rings is 2. The lowest BCUT2D eigenvalue weighted by molar-refractivity contribution is -0.169. The molecule has 4 aromatic rings. The number of nitrogens with zero attached hydrogens (tertiary/aromatic N) is 2. The predicted molar refractivity (Wildman–Crippen MR) is 208 cm³/mol. The van der Waals surface area contributed by atoms with Crippen LogP contribution in [0.3, 0.4) is 0 Å². The van der Waals surface area contributed by atoms with Crippen LogP contribution in [0.5, 0.6) is 5.75 Å². The SMILES string of the molecule is C/C=C1/CN(C)[C@H]2Cc3c([nH]c4ccccc34)[C@H](c3cc4c(cc3OC)c3c5n4C[C@@H]4C[C@H](CC)[C@H](NCC3)[C@@]5(C(=O)OC)C4)C[C@H]1[C@]2(CO)C(=O)OC. The molecule has 2 fully saturated rings. The van der Waals surface area contributed by atoms with Gasteiger partial charge in [0, 0.05) is 75.8 Å². The standard InChI is InChI=1S/C44H54N4O6/c1-7-25-15-24-20-43(41(50)53-5)39(25)45-14-13-28-29-18-36(52-4)30(17-35(29)48(21-24)40(28)43)31-16-33-26(8-2)22-47(3)37(44(33,23-49)42(51)54-6)19-32-27-11-9-10-12-34(27)46-38(31)32/h8-12,17-18,24-25,31,33,37,39,45-46,49H,7,13-16,19-23H2,1-6H3/b26-8-/t24-,25+,31+,33-,37+,39+,43+,44+/m1/s1. The van der Waals surface area contributed by atoms with E-state index in [-0.39, 0.29) is 42.5 Å². The number of H-pyrrole nitrogens is 1. The largest absolute Gasteiger partial charge is 0.496 e. The summed E-state index contributed by atoms with van der Waals surface area (Å²) in [5.41, 5.74) is 7.02. The van der Waals surface area contributed by atoms with Gasteiger partial charge in [-0.3, -0.25) is 14.5 Å². The summed E-state index contributed by atoms with van der Waals surface area (Å²) in [5, 5.41) is 17.6. The van der Waals surface area contributed by atoms with Gasteiger partial charge in [-0.05, 0) is 93.8 Å². The summed E-state index contributed by atoms with van der Waals surface area (Å²) in [5.74, 6) is 0.534. The van der Waals surface area contributed by atoms with Crippen LogP contribution in [-0.4, -0.2) is 91.7 Å². The van der Waals surface area contributed by atoms with Crippen molar-refractivity contribution in [3.05, 3.63) is 76.1 Å². The molecule has 5 heterocycles. The number of carbonyl (C=O) groups excluding carboxylic acids is 2. The molecule has 0 amide bonds. The van der Waals surface area contributed by atoms with E-state index >= 15 is 0 Å². The van der Waals surface area contributed by atoms with Gasteiger partial charge in [0.15, 0.2) is 0 Å². The number of piperidine rings is 1. The highest BCUT2D eigenvalue weighted by Gasteiger charge is 2.61. The Morgan fingerprint density at radius 2 is 1.85 bits per heavy atom. The van der Waals surface area contributed by atoms with Crippen molar-refractivity contribution in [3.63, 3.8) is 0 Å². The fraction of sp³-hybridized carbons (Fsp3) is 0.545. The molecule has 9 rings (SSSR count). The maximum Gasteiger partial charge on any atom is 0.319 e. The number of nitrogens with one attached hydrogen (secondary N) is 2. The molecule has 2 aliphatic carbocycles. The molecule has 0 unspecified atom stereocenters. The Labute approximate surface area is 317 Å². The molecule has 8 atom stereocenters. The first kappa shape index (κ1) is 35.6. The maximum atomic E-state index is 14.3. The van der Waals surface area contributed by atoms with Gasteiger partial charge in [-0.1, -0.05) is 43.2 Å². The number of aromatic nitrogens is 2. The Balaban J connectivity index is 1.33. The summed E-state index contributed by atoms with van der Waals surface area (Å²) in [6.45, 7) is 6.32. The summed E-state index contributed by atoms with van der Waals surface area (Å²) < 4.78 is 20.2. The molecule has 2 aromatic heterocycles. The second kappa shape index (κ2) is 13.0. The van der Waals surface area contributed by atoms with Gasteiger partial charge < -0.3 is 34.2 Å². The number of para-hydroxylation sites is 1. The Kier molecular flexibility index (Phi) is 8.56. The molecule has 3 N–H and O–H groups in total. The van der Waals surface area contributed by atoms with Crippen molar-refractivity contribution in [1.82, 2.24) is 19.8 Å². The predicted octanol–water partition coefficient (Wildman–Crippen LogP) is 5.61. The average molecular weight is 735 g/mol. The van der Waals surface area contributed by atoms with E-state index in [0.29, 0.717) is 31.2 Å². The highest BCUT2D eigenvalue weighted by molar-refractivity contribution is 5.94. The lowest BCUT2D eigenvalue weighted by Gasteiger charge is -2.53. The second-order valence-corrected chi connectivity index (χ2v) is 16.8. The third kappa shape index (κ3) is 4.62. The van der Waals surface area contributed by atoms with E-state index < -0.39 is 10.8 Å². The first-order valence-electron chi connectivity index (χ1n) is 19.9. The number of aliphatic hydroxyl groups is 1. The smallest absolute Gasteiger partial charge is 0.319 e. The molecule has 3 aliphatic heterocycles. The van der Waals surface area contributed by atoms with Gasteiger partial charge >= 0.3 is 11.9 Å². The minimum Gasteiger partial charge on any atom is -0.496 e. The summed E-state index contributed by atoms with van der Waals surface area (Å²) in [7, 11) is 6.79. The molecule has 4 bridgehead atoms. The number of hydrogen-bond acceptors (Lipinski definition) is 8. The van der Waals surface area contributed by atoms with Crippen LogP contribution in [0.15, 0.2) is 48.0 Å². The van der Waals surface area contributed by atoms with Crippen molar-refractivity contribution < 1.29 is 28.9 Å². The number of rotatable bonds is 6. The van der Waals surface area contributed by atoms with E-state index in [1.54, 1.807) is 14.2 Å². The zero-order valence-electron chi connectivity index (χ0n) is 32.5. The molecule has 2 aromatic carbocycles. The summed E-state index contributed by atoms with van der Waals surface area (Å²) in [4.78, 5) is 34.6. The monoisotopic (exact) mass is 734 g/mol. The van der Waals surface area contributed by atoms with Gasteiger partial charge in [-0.2, -0.15) is 0 Å². The number of fused-ring (bicyclic) bond motifs is 9. The van der Waals surface area contributed by atoms with Crippen LogP contribution in [0.2, 0.25) is 0 Å². The number of carbonyl (C=O) groups is 2. The summed E-state index contributed by atoms with van der Waals surface area (Å²) in [6, 6.07) is 12.7. The van der Waals surface area contributed by atoms with E-state index in [0.717, 1.165) is 94.4 Å². The lowest BCUT2D eigenvalue weighted by Crippen LogP contribution is -2.63. The van der Waals surface area contributed by atoms with Crippen LogP contribution in [0.1, 0.15) is 73.5 Å². The van der Waals surface area contributed by atoms with E-state index in [4.69, 9.17) is 14.2 Å². The number of methoxy groups -OCH3 is 3. The number of aliphatic hydroxyl groups excluding tert-OH is 1. The molecule has 0 spiro atoms. The number of hydrogen-bond donors (Lipinski definition) is 3. The number of esters is 2. The molecule has 54 heavy (non-hydrogen) atoms. The molecule has 5 aliphatic rings. The Bertz CT molecular complexity index is 2200. The quantitative estimate of drug-likeness (QED) is 0.173. The Hall–Kier alpha value is -4.12. The number of likely N-dealkylation sites (N-methyl/N-ethyl adjacent to an activating group) is 1. The topological polar surface area (TPSA) is 118 Å². The van der Waals surface area contributed by atoms with Crippen LogP contribution < -0.4 is 10.1 Å². The van der Waals surface area contributed by atoms with E-state index in [1.165, 1.54) is 12.7 Å². The van der Waals surface area contributed by atoms with E-state index in [2.05, 4.69) is 76.2 Å². The molecule has 1 saturated heterocycles. The molecule has 286 valence electrons. The van der Waals surface area contributed by atoms with Gasteiger partial charge in [0.1, 0.15) is 16.6 Å². The van der Waals surface area contributed by atoms with Gasteiger partial charge in [0.2, 0.25) is 0 Å². The number of allylic oxidation sites excluding steroid dienone is 1. The van der Waals surface area contributed by atoms with Crippen molar-refractivity contribution in [2.24, 2.45) is 23.2 Å². The zero-order valence-corrected chi connectivity index (χ0v) is 32.5. The van der Waals surface area contributed by atoms with Crippen LogP contribution in [0, 0.1) is 23.2 Å². The normalized spacial score (nSPS) is 32.5. The van der Waals surface area contributed by atoms with Crippen LogP contribution in [0.4, 0.5) is 0 Å². The van der Waals surface area contributed by atoms with Gasteiger partial charge in [0.25, 0.3) is 0 Å². The maximum absolute atomic E-state index is 14.3. The highest BCUT2D eigenvalue weighted by atomic mass is 16.5. The van der Waals surface area contributed by atoms with Crippen molar-refractivity contribution in [3.8, 4) is 5.75 Å². The highest BCUT2D eigenvalue weighted by Crippen LogP contribution is 2.57. The van der Waals surface area contributed by atoms with Gasteiger partial charge in [0.05, 0.1) is 27.9 Å². The number of ether oxygens (including phenoxy) is 3. The average Bonchev–Trinajstić information content (AvgIpc) is 3.62. The Morgan fingerprint density at radius 1 is 1.06 bits per heavy atom. The fourth-order valence-corrected chi connectivity index (χ4v) is 12.5. The molecule has 10 nitrogen and oxygen atoms in total. The van der Waals surface area contributed by atoms with Crippen molar-refractivity contribution in [1.29, 1.82) is 0 Å². The zero-order chi connectivity index (χ0) is 37.7. The summed E-state index contributed by atoms with van der Waals surface area (Å²) in [6.07, 6.45) is 6.97. The second-order valence-electron chi connectivity index (χ2n) is 16.8. The van der Waals surface area contributed by atoms with Crippen molar-refractivity contribution >= 4 is 33.7 Å². The number of likely N-dealkylation sites (tertiary alicyclic amines) is 1.